The van der Waals surface area contributed by atoms with Crippen molar-refractivity contribution in [1.29, 1.82) is 0 Å². The second-order valence-corrected chi connectivity index (χ2v) is 6.38. The molecule has 0 amide bonds. The predicted octanol–water partition coefficient (Wildman–Crippen LogP) is 3.13. The van der Waals surface area contributed by atoms with E-state index in [1.165, 1.54) is 31.2 Å². The highest BCUT2D eigenvalue weighted by atomic mass is 16.3. The molecule has 0 spiro atoms. The lowest BCUT2D eigenvalue weighted by molar-refractivity contribution is -0.0358. The van der Waals surface area contributed by atoms with Gasteiger partial charge in [-0.3, -0.25) is 0 Å². The van der Waals surface area contributed by atoms with Crippen molar-refractivity contribution in [3.8, 4) is 0 Å². The van der Waals surface area contributed by atoms with Crippen molar-refractivity contribution in [2.75, 3.05) is 0 Å². The Bertz CT molecular complexity index is 413. The van der Waals surface area contributed by atoms with E-state index in [9.17, 15) is 5.11 Å². The molecule has 2 aliphatic heterocycles. The van der Waals surface area contributed by atoms with Crippen LogP contribution in [0.3, 0.4) is 0 Å². The van der Waals surface area contributed by atoms with Crippen molar-refractivity contribution in [3.05, 3.63) is 35.4 Å². The Morgan fingerprint density at radius 2 is 1.79 bits per heavy atom. The average Bonchev–Trinajstić information content (AvgIpc) is 2.39. The van der Waals surface area contributed by atoms with E-state index in [2.05, 4.69) is 36.5 Å². The molecule has 0 aromatic heterocycles. The molecule has 104 valence electrons. The van der Waals surface area contributed by atoms with Crippen LogP contribution in [-0.2, 0) is 12.0 Å². The van der Waals surface area contributed by atoms with Crippen molar-refractivity contribution < 1.29 is 5.11 Å². The number of aliphatic hydroxyl groups is 1. The molecular formula is C17H25NO. The van der Waals surface area contributed by atoms with Crippen molar-refractivity contribution in [2.24, 2.45) is 0 Å². The van der Waals surface area contributed by atoms with Crippen molar-refractivity contribution in [2.45, 2.75) is 69.6 Å². The van der Waals surface area contributed by atoms with Gasteiger partial charge in [0.2, 0.25) is 0 Å². The van der Waals surface area contributed by atoms with Crippen LogP contribution in [0.2, 0.25) is 0 Å². The van der Waals surface area contributed by atoms with Crippen LogP contribution in [-0.4, -0.2) is 17.2 Å². The summed E-state index contributed by atoms with van der Waals surface area (Å²) in [6, 6.07) is 9.68. The summed E-state index contributed by atoms with van der Waals surface area (Å²) in [7, 11) is 0. The summed E-state index contributed by atoms with van der Waals surface area (Å²) in [5, 5.41) is 14.7. The van der Waals surface area contributed by atoms with E-state index < -0.39 is 5.60 Å². The van der Waals surface area contributed by atoms with E-state index in [1.54, 1.807) is 0 Å². The molecule has 0 radical (unpaired) electrons. The minimum atomic E-state index is -0.605. The van der Waals surface area contributed by atoms with Crippen LogP contribution >= 0.6 is 0 Å². The van der Waals surface area contributed by atoms with Crippen LogP contribution in [0.25, 0.3) is 0 Å². The van der Waals surface area contributed by atoms with Crippen molar-refractivity contribution >= 4 is 0 Å². The Morgan fingerprint density at radius 3 is 2.37 bits per heavy atom. The van der Waals surface area contributed by atoms with Crippen molar-refractivity contribution in [1.82, 2.24) is 5.32 Å². The highest BCUT2D eigenvalue weighted by Gasteiger charge is 2.41. The molecule has 2 heterocycles. The molecule has 2 aliphatic rings. The standard InChI is InChI=1S/C17H25NO/c1-2-4-13-7-9-14(10-8-13)17(19)11-15-5-3-6-16(12-17)18-15/h7-10,15-16,18-19H,2-6,11-12H2,1H3. The van der Waals surface area contributed by atoms with Gasteiger partial charge in [-0.25, -0.2) is 0 Å². The van der Waals surface area contributed by atoms with E-state index >= 15 is 0 Å². The molecule has 0 aliphatic carbocycles. The van der Waals surface area contributed by atoms with Crippen LogP contribution in [0.5, 0.6) is 0 Å². The maximum atomic E-state index is 11.0. The Labute approximate surface area is 116 Å². The first kappa shape index (κ1) is 13.1. The van der Waals surface area contributed by atoms with Crippen LogP contribution in [0.4, 0.5) is 0 Å². The van der Waals surface area contributed by atoms with Gasteiger partial charge in [-0.2, -0.15) is 0 Å². The molecule has 2 atom stereocenters. The van der Waals surface area contributed by atoms with Gasteiger partial charge < -0.3 is 10.4 Å². The average molecular weight is 259 g/mol. The molecule has 2 saturated heterocycles. The Kier molecular flexibility index (Phi) is 3.64. The summed E-state index contributed by atoms with van der Waals surface area (Å²) >= 11 is 0. The summed E-state index contributed by atoms with van der Waals surface area (Å²) in [4.78, 5) is 0. The van der Waals surface area contributed by atoms with E-state index in [0.29, 0.717) is 12.1 Å². The Hall–Kier alpha value is -0.860. The number of nitrogens with one attached hydrogen (secondary N) is 1. The first-order valence-electron chi connectivity index (χ1n) is 7.77. The molecule has 2 fully saturated rings. The first-order chi connectivity index (χ1) is 9.19. The molecule has 2 bridgehead atoms. The Balaban J connectivity index is 1.79. The molecule has 2 nitrogen and oxygen atoms in total. The van der Waals surface area contributed by atoms with Gasteiger partial charge in [0.25, 0.3) is 0 Å². The van der Waals surface area contributed by atoms with E-state index in [0.717, 1.165) is 24.8 Å². The number of aryl methyl sites for hydroxylation is 1. The zero-order chi connectivity index (χ0) is 13.3. The molecular weight excluding hydrogens is 234 g/mol. The molecule has 19 heavy (non-hydrogen) atoms. The summed E-state index contributed by atoms with van der Waals surface area (Å²) < 4.78 is 0. The second kappa shape index (κ2) is 5.26. The molecule has 0 saturated carbocycles. The normalized spacial score (nSPS) is 34.2. The highest BCUT2D eigenvalue weighted by Crippen LogP contribution is 2.39. The Morgan fingerprint density at radius 1 is 1.16 bits per heavy atom. The van der Waals surface area contributed by atoms with Gasteiger partial charge in [-0.15, -0.1) is 0 Å². The van der Waals surface area contributed by atoms with Crippen LogP contribution < -0.4 is 5.32 Å². The SMILES string of the molecule is CCCc1ccc(C2(O)CC3CCCC(C2)N3)cc1. The topological polar surface area (TPSA) is 32.3 Å². The maximum absolute atomic E-state index is 11.0. The number of piperidine rings is 2. The minimum absolute atomic E-state index is 0.507. The highest BCUT2D eigenvalue weighted by molar-refractivity contribution is 5.28. The third kappa shape index (κ3) is 2.70. The van der Waals surface area contributed by atoms with Gasteiger partial charge in [-0.05, 0) is 43.2 Å². The van der Waals surface area contributed by atoms with E-state index in [4.69, 9.17) is 0 Å². The molecule has 2 unspecified atom stereocenters. The summed E-state index contributed by atoms with van der Waals surface area (Å²) in [6.45, 7) is 2.20. The minimum Gasteiger partial charge on any atom is -0.385 e. The molecule has 3 rings (SSSR count). The molecule has 2 N–H and O–H groups in total. The summed E-state index contributed by atoms with van der Waals surface area (Å²) in [6.07, 6.45) is 7.80. The third-order valence-corrected chi connectivity index (χ3v) is 4.77. The fourth-order valence-corrected chi connectivity index (χ4v) is 3.84. The monoisotopic (exact) mass is 259 g/mol. The zero-order valence-corrected chi connectivity index (χ0v) is 11.9. The number of benzene rings is 1. The van der Waals surface area contributed by atoms with Gasteiger partial charge in [0.15, 0.2) is 0 Å². The van der Waals surface area contributed by atoms with Gasteiger partial charge in [0.1, 0.15) is 0 Å². The van der Waals surface area contributed by atoms with Gasteiger partial charge in [0, 0.05) is 12.1 Å². The van der Waals surface area contributed by atoms with E-state index in [1.807, 2.05) is 0 Å². The van der Waals surface area contributed by atoms with Gasteiger partial charge in [-0.1, -0.05) is 44.0 Å². The smallest absolute Gasteiger partial charge is 0.0926 e. The lowest BCUT2D eigenvalue weighted by atomic mass is 9.74. The molecule has 2 heteroatoms. The molecule has 1 aromatic carbocycles. The fraction of sp³-hybridized carbons (Fsp3) is 0.647. The van der Waals surface area contributed by atoms with Crippen LogP contribution in [0, 0.1) is 0 Å². The quantitative estimate of drug-likeness (QED) is 0.874. The lowest BCUT2D eigenvalue weighted by Crippen LogP contribution is -2.54. The lowest BCUT2D eigenvalue weighted by Gasteiger charge is -2.45. The number of hydrogen-bond donors (Lipinski definition) is 2. The number of hydrogen-bond acceptors (Lipinski definition) is 2. The zero-order valence-electron chi connectivity index (χ0n) is 11.9. The summed E-state index contributed by atoms with van der Waals surface area (Å²) in [5.74, 6) is 0. The second-order valence-electron chi connectivity index (χ2n) is 6.38. The van der Waals surface area contributed by atoms with Gasteiger partial charge in [0.05, 0.1) is 5.60 Å². The van der Waals surface area contributed by atoms with Crippen LogP contribution in [0.15, 0.2) is 24.3 Å². The first-order valence-corrected chi connectivity index (χ1v) is 7.77. The summed E-state index contributed by atoms with van der Waals surface area (Å²) in [5.41, 5.74) is 1.89. The largest absolute Gasteiger partial charge is 0.385 e. The number of fused-ring (bicyclic) bond motifs is 2. The molecule has 1 aromatic rings. The number of rotatable bonds is 3. The van der Waals surface area contributed by atoms with Crippen LogP contribution in [0.1, 0.15) is 56.6 Å². The fourth-order valence-electron chi connectivity index (χ4n) is 3.84. The third-order valence-electron chi connectivity index (χ3n) is 4.77. The van der Waals surface area contributed by atoms with Gasteiger partial charge >= 0.3 is 0 Å². The maximum Gasteiger partial charge on any atom is 0.0926 e. The van der Waals surface area contributed by atoms with E-state index in [-0.39, 0.29) is 0 Å². The predicted molar refractivity (Wildman–Crippen MR) is 78.1 cm³/mol. The van der Waals surface area contributed by atoms with Crippen molar-refractivity contribution in [3.63, 3.8) is 0 Å².